The van der Waals surface area contributed by atoms with E-state index in [9.17, 15) is 4.79 Å². The quantitative estimate of drug-likeness (QED) is 0.568. The number of nitrogens with one attached hydrogen (secondary N) is 1. The zero-order valence-electron chi connectivity index (χ0n) is 15.8. The van der Waals surface area contributed by atoms with E-state index in [1.807, 2.05) is 48.5 Å². The van der Waals surface area contributed by atoms with Crippen LogP contribution in [0.25, 0.3) is 0 Å². The Morgan fingerprint density at radius 3 is 2.79 bits per heavy atom. The molecule has 4 rings (SSSR count). The molecule has 1 aromatic carbocycles. The molecule has 1 atom stereocenters. The van der Waals surface area contributed by atoms with Gasteiger partial charge >= 0.3 is 0 Å². The number of nitrogens with zero attached hydrogens (tertiary/aromatic N) is 3. The van der Waals surface area contributed by atoms with Crippen LogP contribution in [0.15, 0.2) is 73.6 Å². The zero-order chi connectivity index (χ0) is 20.1. The van der Waals surface area contributed by atoms with Crippen molar-refractivity contribution in [3.63, 3.8) is 0 Å². The molecule has 0 spiro atoms. The molecule has 1 aliphatic heterocycles. The van der Waals surface area contributed by atoms with Crippen molar-refractivity contribution in [2.45, 2.75) is 29.3 Å². The number of hydrogen-bond acceptors (Lipinski definition) is 6. The van der Waals surface area contributed by atoms with Crippen LogP contribution < -0.4 is 10.2 Å². The number of hydrogen-bond donors (Lipinski definition) is 1. The molecule has 29 heavy (non-hydrogen) atoms. The minimum Gasteiger partial charge on any atom is -0.467 e. The molecule has 2 aromatic heterocycles. The third-order valence-electron chi connectivity index (χ3n) is 4.80. The molecule has 3 aromatic rings. The molecule has 0 saturated carbocycles. The van der Waals surface area contributed by atoms with E-state index in [0.717, 1.165) is 45.4 Å². The number of amides is 1. The first-order valence-electron chi connectivity index (χ1n) is 9.49. The van der Waals surface area contributed by atoms with Crippen molar-refractivity contribution in [3.05, 3.63) is 65.0 Å². The molecular weight excluding hydrogens is 452 g/mol. The van der Waals surface area contributed by atoms with Gasteiger partial charge in [-0.15, -0.1) is 10.2 Å². The number of piperidine rings is 1. The Kier molecular flexibility index (Phi) is 6.51. The van der Waals surface area contributed by atoms with Crippen LogP contribution in [0.5, 0.6) is 0 Å². The minimum absolute atomic E-state index is 0.0569. The molecule has 3 heterocycles. The summed E-state index contributed by atoms with van der Waals surface area (Å²) in [4.78, 5) is 15.8. The van der Waals surface area contributed by atoms with Gasteiger partial charge in [0.1, 0.15) is 10.8 Å². The van der Waals surface area contributed by atoms with Gasteiger partial charge in [-0.3, -0.25) is 4.79 Å². The first-order valence-corrected chi connectivity index (χ1v) is 11.1. The lowest BCUT2D eigenvalue weighted by Crippen LogP contribution is -2.43. The summed E-state index contributed by atoms with van der Waals surface area (Å²) in [5.41, 5.74) is 0. The fraction of sp³-hybridized carbons (Fsp3) is 0.286. The standard InChI is InChI=1S/C21H21BrN4O2S/c22-16-5-7-18(8-6-16)29-20-10-9-19(24-25-20)26-11-1-3-15(14-26)21(27)23-13-17-4-2-12-28-17/h2,4-10,12,15H,1,3,11,13-14H2,(H,23,27). The summed E-state index contributed by atoms with van der Waals surface area (Å²) in [6.07, 6.45) is 3.45. The highest BCUT2D eigenvalue weighted by molar-refractivity contribution is 9.10. The van der Waals surface area contributed by atoms with Crippen LogP contribution in [0.4, 0.5) is 5.82 Å². The van der Waals surface area contributed by atoms with Gasteiger partial charge in [-0.25, -0.2) is 0 Å². The molecule has 1 N–H and O–H groups in total. The van der Waals surface area contributed by atoms with Crippen LogP contribution in [0, 0.1) is 5.92 Å². The monoisotopic (exact) mass is 472 g/mol. The van der Waals surface area contributed by atoms with Crippen LogP contribution in [-0.4, -0.2) is 29.2 Å². The van der Waals surface area contributed by atoms with Gasteiger partial charge < -0.3 is 14.6 Å². The highest BCUT2D eigenvalue weighted by Gasteiger charge is 2.26. The number of furan rings is 1. The molecule has 1 fully saturated rings. The number of carbonyl (C=O) groups is 1. The molecular formula is C21H21BrN4O2S. The van der Waals surface area contributed by atoms with Crippen molar-refractivity contribution >= 4 is 39.4 Å². The van der Waals surface area contributed by atoms with Gasteiger partial charge in [0, 0.05) is 22.5 Å². The second kappa shape index (κ2) is 9.45. The highest BCUT2D eigenvalue weighted by Crippen LogP contribution is 2.28. The molecule has 6 nitrogen and oxygen atoms in total. The van der Waals surface area contributed by atoms with Gasteiger partial charge in [0.25, 0.3) is 0 Å². The van der Waals surface area contributed by atoms with E-state index in [2.05, 4.69) is 36.3 Å². The van der Waals surface area contributed by atoms with Gasteiger partial charge in [-0.1, -0.05) is 27.7 Å². The summed E-state index contributed by atoms with van der Waals surface area (Å²) in [6.45, 7) is 1.96. The van der Waals surface area contributed by atoms with Crippen LogP contribution in [0.2, 0.25) is 0 Å². The van der Waals surface area contributed by atoms with Crippen LogP contribution in [-0.2, 0) is 11.3 Å². The summed E-state index contributed by atoms with van der Waals surface area (Å²) < 4.78 is 6.33. The Bertz CT molecular complexity index is 932. The van der Waals surface area contributed by atoms with Gasteiger partial charge in [-0.2, -0.15) is 0 Å². The molecule has 1 aliphatic rings. The lowest BCUT2D eigenvalue weighted by atomic mass is 9.97. The third kappa shape index (κ3) is 5.39. The fourth-order valence-electron chi connectivity index (χ4n) is 3.29. The Hall–Kier alpha value is -2.32. The lowest BCUT2D eigenvalue weighted by molar-refractivity contribution is -0.125. The van der Waals surface area contributed by atoms with E-state index in [4.69, 9.17) is 4.42 Å². The topological polar surface area (TPSA) is 71.3 Å². The van der Waals surface area contributed by atoms with Crippen LogP contribution in [0.3, 0.4) is 0 Å². The Balaban J connectivity index is 1.34. The molecule has 0 radical (unpaired) electrons. The predicted octanol–water partition coefficient (Wildman–Crippen LogP) is 4.52. The highest BCUT2D eigenvalue weighted by atomic mass is 79.9. The maximum atomic E-state index is 12.5. The minimum atomic E-state index is -0.0580. The normalized spacial score (nSPS) is 16.6. The fourth-order valence-corrected chi connectivity index (χ4v) is 4.29. The first kappa shape index (κ1) is 20.0. The average Bonchev–Trinajstić information content (AvgIpc) is 3.28. The second-order valence-electron chi connectivity index (χ2n) is 6.87. The first-order chi connectivity index (χ1) is 14.2. The number of carbonyl (C=O) groups excluding carboxylic acids is 1. The van der Waals surface area contributed by atoms with Crippen LogP contribution in [0.1, 0.15) is 18.6 Å². The zero-order valence-corrected chi connectivity index (χ0v) is 18.2. The van der Waals surface area contributed by atoms with E-state index in [1.165, 1.54) is 0 Å². The number of rotatable bonds is 6. The van der Waals surface area contributed by atoms with Crippen molar-refractivity contribution in [1.82, 2.24) is 15.5 Å². The van der Waals surface area contributed by atoms with Crippen LogP contribution >= 0.6 is 27.7 Å². The van der Waals surface area contributed by atoms with Crippen molar-refractivity contribution in [3.8, 4) is 0 Å². The Labute approximate surface area is 182 Å². The van der Waals surface area contributed by atoms with Crippen molar-refractivity contribution in [2.24, 2.45) is 5.92 Å². The van der Waals surface area contributed by atoms with E-state index in [1.54, 1.807) is 18.0 Å². The van der Waals surface area contributed by atoms with E-state index in [0.29, 0.717) is 13.1 Å². The van der Waals surface area contributed by atoms with Gasteiger partial charge in [0.05, 0.1) is 18.7 Å². The van der Waals surface area contributed by atoms with E-state index in [-0.39, 0.29) is 11.8 Å². The molecule has 0 aliphatic carbocycles. The third-order valence-corrected chi connectivity index (χ3v) is 6.26. The second-order valence-corrected chi connectivity index (χ2v) is 8.88. The maximum absolute atomic E-state index is 12.5. The maximum Gasteiger partial charge on any atom is 0.225 e. The summed E-state index contributed by atoms with van der Waals surface area (Å²) >= 11 is 5.02. The summed E-state index contributed by atoms with van der Waals surface area (Å²) in [5.74, 6) is 1.57. The Morgan fingerprint density at radius 1 is 1.21 bits per heavy atom. The average molecular weight is 473 g/mol. The Morgan fingerprint density at radius 2 is 2.07 bits per heavy atom. The largest absolute Gasteiger partial charge is 0.467 e. The SMILES string of the molecule is O=C(NCc1ccco1)C1CCCN(c2ccc(Sc3ccc(Br)cc3)nn2)C1. The van der Waals surface area contributed by atoms with E-state index < -0.39 is 0 Å². The summed E-state index contributed by atoms with van der Waals surface area (Å²) in [5, 5.41) is 12.6. The van der Waals surface area contributed by atoms with Crippen molar-refractivity contribution in [1.29, 1.82) is 0 Å². The molecule has 150 valence electrons. The number of anilines is 1. The van der Waals surface area contributed by atoms with E-state index >= 15 is 0 Å². The molecule has 1 unspecified atom stereocenters. The van der Waals surface area contributed by atoms with Crippen molar-refractivity contribution in [2.75, 3.05) is 18.0 Å². The molecule has 1 amide bonds. The molecule has 1 saturated heterocycles. The van der Waals surface area contributed by atoms with Gasteiger partial charge in [0.15, 0.2) is 5.82 Å². The van der Waals surface area contributed by atoms with Crippen molar-refractivity contribution < 1.29 is 9.21 Å². The number of aromatic nitrogens is 2. The predicted molar refractivity (Wildman–Crippen MR) is 116 cm³/mol. The van der Waals surface area contributed by atoms with Gasteiger partial charge in [-0.05, 0) is 61.4 Å². The van der Waals surface area contributed by atoms with Gasteiger partial charge in [0.2, 0.25) is 5.91 Å². The molecule has 0 bridgehead atoms. The lowest BCUT2D eigenvalue weighted by Gasteiger charge is -2.32. The smallest absolute Gasteiger partial charge is 0.225 e. The number of halogens is 1. The summed E-state index contributed by atoms with van der Waals surface area (Å²) in [7, 11) is 0. The summed E-state index contributed by atoms with van der Waals surface area (Å²) in [6, 6.07) is 15.7. The number of benzene rings is 1. The molecule has 8 heteroatoms.